The molecule has 0 aliphatic carbocycles. The Morgan fingerprint density at radius 3 is 2.22 bits per heavy atom. The van der Waals surface area contributed by atoms with Gasteiger partial charge in [0.25, 0.3) is 0 Å². The molecule has 106 valence electrons. The second-order valence-corrected chi connectivity index (χ2v) is 4.82. The van der Waals surface area contributed by atoms with Crippen molar-refractivity contribution in [3.05, 3.63) is 0 Å². The third-order valence-corrected chi connectivity index (χ3v) is 1.77. The van der Waals surface area contributed by atoms with Crippen molar-refractivity contribution in [2.45, 2.75) is 33.2 Å². The van der Waals surface area contributed by atoms with Crippen LogP contribution in [0.5, 0.6) is 0 Å². The Hall–Kier alpha value is -1.14. The Balaban J connectivity index is 3.55. The molecule has 6 heteroatoms. The quantitative estimate of drug-likeness (QED) is 0.606. The van der Waals surface area contributed by atoms with Crippen LogP contribution < -0.4 is 10.6 Å². The fourth-order valence-corrected chi connectivity index (χ4v) is 1.12. The second kappa shape index (κ2) is 8.88. The zero-order valence-electron chi connectivity index (χ0n) is 11.7. The molecule has 2 amide bonds. The standard InChI is InChI=1S/C12H24N2O4/c1-5-17-6-7-18-9-11(16)13-8-10(15)14-12(2,3)4/h5-9H2,1-4H3,(H,13,16)(H,14,15). The average Bonchev–Trinajstić information content (AvgIpc) is 2.24. The van der Waals surface area contributed by atoms with Crippen LogP contribution in [-0.4, -0.2) is 50.3 Å². The summed E-state index contributed by atoms with van der Waals surface area (Å²) in [5.41, 5.74) is -0.296. The van der Waals surface area contributed by atoms with Crippen LogP contribution in [0, 0.1) is 0 Å². The molecule has 0 bridgehead atoms. The minimum atomic E-state index is -0.310. The third kappa shape index (κ3) is 11.3. The summed E-state index contributed by atoms with van der Waals surface area (Å²) in [5.74, 6) is -0.527. The maximum Gasteiger partial charge on any atom is 0.246 e. The lowest BCUT2D eigenvalue weighted by atomic mass is 10.1. The molecule has 0 spiro atoms. The van der Waals surface area contributed by atoms with Gasteiger partial charge in [0.1, 0.15) is 6.61 Å². The highest BCUT2D eigenvalue weighted by molar-refractivity contribution is 5.85. The van der Waals surface area contributed by atoms with Crippen LogP contribution >= 0.6 is 0 Å². The number of ether oxygens (including phenoxy) is 2. The minimum absolute atomic E-state index is 0.0368. The molecule has 0 aliphatic rings. The molecule has 0 aromatic rings. The van der Waals surface area contributed by atoms with Crippen LogP contribution in [0.25, 0.3) is 0 Å². The van der Waals surface area contributed by atoms with Crippen molar-refractivity contribution in [3.8, 4) is 0 Å². The first-order valence-corrected chi connectivity index (χ1v) is 6.08. The molecule has 0 aromatic heterocycles. The van der Waals surface area contributed by atoms with Gasteiger partial charge >= 0.3 is 0 Å². The van der Waals surface area contributed by atoms with Crippen LogP contribution in [0.2, 0.25) is 0 Å². The molecule has 0 fully saturated rings. The Morgan fingerprint density at radius 2 is 1.67 bits per heavy atom. The molecule has 0 aliphatic heterocycles. The van der Waals surface area contributed by atoms with Gasteiger partial charge in [0.05, 0.1) is 19.8 Å². The molecule has 0 aromatic carbocycles. The molecule has 0 saturated carbocycles. The summed E-state index contributed by atoms with van der Waals surface area (Å²) in [6.45, 7) is 8.89. The van der Waals surface area contributed by atoms with Gasteiger partial charge in [0.15, 0.2) is 0 Å². The molecule has 6 nitrogen and oxygen atoms in total. The van der Waals surface area contributed by atoms with Gasteiger partial charge in [0.2, 0.25) is 11.8 Å². The van der Waals surface area contributed by atoms with Gasteiger partial charge in [-0.1, -0.05) is 0 Å². The van der Waals surface area contributed by atoms with Gasteiger partial charge in [-0.15, -0.1) is 0 Å². The van der Waals surface area contributed by atoms with Gasteiger partial charge in [0, 0.05) is 12.1 Å². The lowest BCUT2D eigenvalue weighted by Gasteiger charge is -2.20. The summed E-state index contributed by atoms with van der Waals surface area (Å²) < 4.78 is 10.1. The highest BCUT2D eigenvalue weighted by Gasteiger charge is 2.13. The first-order chi connectivity index (χ1) is 8.35. The molecule has 0 rings (SSSR count). The second-order valence-electron chi connectivity index (χ2n) is 4.82. The number of hydrogen-bond acceptors (Lipinski definition) is 4. The molecule has 2 N–H and O–H groups in total. The number of carbonyl (C=O) groups excluding carboxylic acids is 2. The SMILES string of the molecule is CCOCCOCC(=O)NCC(=O)NC(C)(C)C. The Morgan fingerprint density at radius 1 is 1.06 bits per heavy atom. The average molecular weight is 260 g/mol. The summed E-state index contributed by atoms with van der Waals surface area (Å²) in [4.78, 5) is 22.7. The number of nitrogens with one attached hydrogen (secondary N) is 2. The van der Waals surface area contributed by atoms with E-state index in [1.165, 1.54) is 0 Å². The molecule has 18 heavy (non-hydrogen) atoms. The molecule has 0 radical (unpaired) electrons. The topological polar surface area (TPSA) is 76.7 Å². The van der Waals surface area contributed by atoms with Crippen LogP contribution in [0.15, 0.2) is 0 Å². The monoisotopic (exact) mass is 260 g/mol. The van der Waals surface area contributed by atoms with E-state index in [1.54, 1.807) is 0 Å². The van der Waals surface area contributed by atoms with Crippen molar-refractivity contribution < 1.29 is 19.1 Å². The van der Waals surface area contributed by atoms with Crippen molar-refractivity contribution in [3.63, 3.8) is 0 Å². The maximum atomic E-state index is 11.4. The van der Waals surface area contributed by atoms with Crippen LogP contribution in [0.3, 0.4) is 0 Å². The van der Waals surface area contributed by atoms with E-state index in [1.807, 2.05) is 27.7 Å². The molecule has 0 heterocycles. The lowest BCUT2D eigenvalue weighted by molar-refractivity contribution is -0.129. The van der Waals surface area contributed by atoms with Crippen molar-refractivity contribution in [1.82, 2.24) is 10.6 Å². The van der Waals surface area contributed by atoms with E-state index >= 15 is 0 Å². The number of hydrogen-bond donors (Lipinski definition) is 2. The lowest BCUT2D eigenvalue weighted by Crippen LogP contribution is -2.46. The van der Waals surface area contributed by atoms with Gasteiger partial charge < -0.3 is 20.1 Å². The molecule has 0 saturated heterocycles. The third-order valence-electron chi connectivity index (χ3n) is 1.77. The van der Waals surface area contributed by atoms with Crippen LogP contribution in [0.1, 0.15) is 27.7 Å². The number of rotatable bonds is 8. The van der Waals surface area contributed by atoms with Crippen molar-refractivity contribution in [2.75, 3.05) is 33.0 Å². The van der Waals surface area contributed by atoms with E-state index in [4.69, 9.17) is 9.47 Å². The van der Waals surface area contributed by atoms with Crippen LogP contribution in [-0.2, 0) is 19.1 Å². The fraction of sp³-hybridized carbons (Fsp3) is 0.833. The summed E-state index contributed by atoms with van der Waals surface area (Å²) in [5, 5.41) is 5.22. The predicted octanol–water partition coefficient (Wildman–Crippen LogP) is 0.0704. The highest BCUT2D eigenvalue weighted by atomic mass is 16.5. The maximum absolute atomic E-state index is 11.4. The smallest absolute Gasteiger partial charge is 0.246 e. The Labute approximate surface area is 108 Å². The van der Waals surface area contributed by atoms with E-state index in [0.717, 1.165) is 0 Å². The van der Waals surface area contributed by atoms with Crippen molar-refractivity contribution in [2.24, 2.45) is 0 Å². The predicted molar refractivity (Wildman–Crippen MR) is 68.2 cm³/mol. The first kappa shape index (κ1) is 16.9. The summed E-state index contributed by atoms with van der Waals surface area (Å²) >= 11 is 0. The van der Waals surface area contributed by atoms with E-state index in [-0.39, 0.29) is 30.5 Å². The van der Waals surface area contributed by atoms with Gasteiger partial charge in [-0.05, 0) is 27.7 Å². The number of amides is 2. The first-order valence-electron chi connectivity index (χ1n) is 6.08. The van der Waals surface area contributed by atoms with E-state index < -0.39 is 0 Å². The van der Waals surface area contributed by atoms with E-state index in [0.29, 0.717) is 19.8 Å². The fourth-order valence-electron chi connectivity index (χ4n) is 1.12. The van der Waals surface area contributed by atoms with E-state index in [9.17, 15) is 9.59 Å². The normalized spacial score (nSPS) is 11.1. The van der Waals surface area contributed by atoms with Crippen molar-refractivity contribution in [1.29, 1.82) is 0 Å². The van der Waals surface area contributed by atoms with Gasteiger partial charge in [-0.3, -0.25) is 9.59 Å². The molecular weight excluding hydrogens is 236 g/mol. The van der Waals surface area contributed by atoms with Crippen molar-refractivity contribution >= 4 is 11.8 Å². The largest absolute Gasteiger partial charge is 0.379 e. The van der Waals surface area contributed by atoms with Gasteiger partial charge in [-0.2, -0.15) is 0 Å². The molecular formula is C12H24N2O4. The number of carbonyl (C=O) groups is 2. The highest BCUT2D eigenvalue weighted by Crippen LogP contribution is 1.96. The van der Waals surface area contributed by atoms with Gasteiger partial charge in [-0.25, -0.2) is 0 Å². The van der Waals surface area contributed by atoms with E-state index in [2.05, 4.69) is 10.6 Å². The van der Waals surface area contributed by atoms with Crippen LogP contribution in [0.4, 0.5) is 0 Å². The zero-order valence-corrected chi connectivity index (χ0v) is 11.7. The summed E-state index contributed by atoms with van der Waals surface area (Å²) in [6.07, 6.45) is 0. The zero-order chi connectivity index (χ0) is 14.0. The molecule has 0 atom stereocenters. The minimum Gasteiger partial charge on any atom is -0.379 e. The Kier molecular flexibility index (Phi) is 8.32. The molecule has 0 unspecified atom stereocenters. The summed E-state index contributed by atoms with van der Waals surface area (Å²) in [6, 6.07) is 0. The Bertz CT molecular complexity index is 261. The summed E-state index contributed by atoms with van der Waals surface area (Å²) in [7, 11) is 0.